The molecule has 1 unspecified atom stereocenters. The predicted molar refractivity (Wildman–Crippen MR) is 125 cm³/mol. The molecule has 0 spiro atoms. The Morgan fingerprint density at radius 1 is 1.24 bits per heavy atom. The number of hydrogen-bond donors (Lipinski definition) is 1. The highest BCUT2D eigenvalue weighted by atomic mass is 32.2. The first-order valence-electron chi connectivity index (χ1n) is 11.3. The van der Waals surface area contributed by atoms with Gasteiger partial charge >= 0.3 is 0 Å². The van der Waals surface area contributed by atoms with E-state index in [1.807, 2.05) is 0 Å². The van der Waals surface area contributed by atoms with Crippen LogP contribution in [0.5, 0.6) is 0 Å². The van der Waals surface area contributed by atoms with Crippen molar-refractivity contribution in [2.24, 2.45) is 5.92 Å². The molecule has 1 aromatic carbocycles. The lowest BCUT2D eigenvalue weighted by Gasteiger charge is -2.31. The van der Waals surface area contributed by atoms with Crippen LogP contribution >= 0.6 is 11.3 Å². The fraction of sp³-hybridized carbons (Fsp3) is 0.435. The maximum atomic E-state index is 13.9. The van der Waals surface area contributed by atoms with E-state index in [2.05, 4.69) is 15.5 Å². The maximum absolute atomic E-state index is 13.9. The van der Waals surface area contributed by atoms with E-state index in [0.29, 0.717) is 46.8 Å². The second-order valence-corrected chi connectivity index (χ2v) is 11.9. The Hall–Kier alpha value is -2.63. The number of carbonyl (C=O) groups is 1. The summed E-state index contributed by atoms with van der Waals surface area (Å²) in [5, 5.41) is 6.64. The monoisotopic (exact) mass is 504 g/mol. The topological polar surface area (TPSA) is 105 Å². The summed E-state index contributed by atoms with van der Waals surface area (Å²) in [6.45, 7) is 2.12. The number of halogens is 1. The first-order chi connectivity index (χ1) is 16.3. The molecule has 8 nitrogen and oxygen atoms in total. The van der Waals surface area contributed by atoms with Gasteiger partial charge in [-0.25, -0.2) is 12.8 Å². The number of rotatable bonds is 6. The zero-order valence-corrected chi connectivity index (χ0v) is 20.3. The third-order valence-electron chi connectivity index (χ3n) is 6.49. The van der Waals surface area contributed by atoms with Crippen molar-refractivity contribution in [3.8, 4) is 10.7 Å². The summed E-state index contributed by atoms with van der Waals surface area (Å²) in [5.41, 5.74) is 0.0900. The second kappa shape index (κ2) is 9.20. The van der Waals surface area contributed by atoms with Crippen LogP contribution in [0.3, 0.4) is 0 Å². The molecule has 11 heteroatoms. The minimum absolute atomic E-state index is 0.0429. The van der Waals surface area contributed by atoms with Gasteiger partial charge in [0.25, 0.3) is 0 Å². The van der Waals surface area contributed by atoms with Gasteiger partial charge in [-0.15, -0.1) is 11.3 Å². The standard InChI is InChI=1S/C23H25FN4O4S2/c1-14-20(12-19(33-14)21-26-23(32-27-21)15-6-4-7-15)34(30,31)28-11-5-8-16(13-28)22(29)25-18-10-3-2-9-17(18)24/h2-3,9-10,12,15-16H,4-8,11,13H2,1H3,(H,25,29). The van der Waals surface area contributed by atoms with Crippen LogP contribution in [0.1, 0.15) is 48.8 Å². The fourth-order valence-electron chi connectivity index (χ4n) is 4.30. The first-order valence-corrected chi connectivity index (χ1v) is 13.6. The molecule has 1 saturated carbocycles. The van der Waals surface area contributed by atoms with E-state index in [9.17, 15) is 17.6 Å². The smallest absolute Gasteiger partial charge is 0.244 e. The SMILES string of the molecule is Cc1sc(-c2noc(C3CCC3)n2)cc1S(=O)(=O)N1CCCC(C(=O)Nc2ccccc2F)C1. The highest BCUT2D eigenvalue weighted by Gasteiger charge is 2.35. The first kappa shape index (κ1) is 23.1. The molecule has 1 atom stereocenters. The number of aryl methyl sites for hydroxylation is 1. The summed E-state index contributed by atoms with van der Waals surface area (Å²) in [6, 6.07) is 7.51. The van der Waals surface area contributed by atoms with Crippen LogP contribution in [0.2, 0.25) is 0 Å². The Morgan fingerprint density at radius 2 is 2.03 bits per heavy atom. The number of nitrogens with zero attached hydrogens (tertiary/aromatic N) is 3. The third-order valence-corrected chi connectivity index (χ3v) is 9.66. The molecule has 1 aliphatic heterocycles. The van der Waals surface area contributed by atoms with Crippen LogP contribution in [0.4, 0.5) is 10.1 Å². The van der Waals surface area contributed by atoms with E-state index in [1.165, 1.54) is 27.8 Å². The number of sulfonamides is 1. The lowest BCUT2D eigenvalue weighted by atomic mass is 9.85. The molecule has 0 bridgehead atoms. The lowest BCUT2D eigenvalue weighted by Crippen LogP contribution is -2.43. The average Bonchev–Trinajstić information content (AvgIpc) is 3.41. The second-order valence-electron chi connectivity index (χ2n) is 8.79. The maximum Gasteiger partial charge on any atom is 0.244 e. The van der Waals surface area contributed by atoms with Gasteiger partial charge in [-0.2, -0.15) is 9.29 Å². The Bertz CT molecular complexity index is 1320. The molecule has 2 aliphatic rings. The zero-order valence-electron chi connectivity index (χ0n) is 18.7. The van der Waals surface area contributed by atoms with E-state index in [4.69, 9.17) is 4.52 Å². The molecule has 1 N–H and O–H groups in total. The number of hydrogen-bond acceptors (Lipinski definition) is 7. The number of piperidine rings is 1. The number of aromatic nitrogens is 2. The van der Waals surface area contributed by atoms with Gasteiger partial charge in [0.05, 0.1) is 21.4 Å². The molecule has 3 heterocycles. The van der Waals surface area contributed by atoms with Crippen molar-refractivity contribution in [3.05, 3.63) is 46.9 Å². The van der Waals surface area contributed by atoms with Gasteiger partial charge in [-0.1, -0.05) is 23.7 Å². The Labute approximate surface area is 201 Å². The van der Waals surface area contributed by atoms with Crippen molar-refractivity contribution >= 4 is 33.0 Å². The van der Waals surface area contributed by atoms with E-state index < -0.39 is 21.8 Å². The van der Waals surface area contributed by atoms with Gasteiger partial charge in [-0.3, -0.25) is 4.79 Å². The summed E-state index contributed by atoms with van der Waals surface area (Å²) in [5.74, 6) is -0.175. The number of amides is 1. The van der Waals surface area contributed by atoms with Crippen molar-refractivity contribution in [2.45, 2.75) is 49.8 Å². The van der Waals surface area contributed by atoms with Crippen molar-refractivity contribution in [2.75, 3.05) is 18.4 Å². The van der Waals surface area contributed by atoms with E-state index in [1.54, 1.807) is 25.1 Å². The van der Waals surface area contributed by atoms with Gasteiger partial charge in [0.1, 0.15) is 5.82 Å². The molecule has 2 fully saturated rings. The van der Waals surface area contributed by atoms with E-state index in [-0.39, 0.29) is 23.0 Å². The largest absolute Gasteiger partial charge is 0.339 e. The number of thiophene rings is 1. The number of para-hydroxylation sites is 1. The molecule has 1 saturated heterocycles. The Kier molecular flexibility index (Phi) is 6.26. The summed E-state index contributed by atoms with van der Waals surface area (Å²) in [7, 11) is -3.83. The molecule has 0 radical (unpaired) electrons. The fourth-order valence-corrected chi connectivity index (χ4v) is 7.31. The number of benzene rings is 1. The van der Waals surface area contributed by atoms with Gasteiger partial charge in [0.2, 0.25) is 27.6 Å². The lowest BCUT2D eigenvalue weighted by molar-refractivity contribution is -0.120. The third kappa shape index (κ3) is 4.39. The number of anilines is 1. The van der Waals surface area contributed by atoms with Crippen LogP contribution in [-0.2, 0) is 14.8 Å². The molecular weight excluding hydrogens is 479 g/mol. The van der Waals surface area contributed by atoms with Crippen LogP contribution in [-0.4, -0.2) is 41.9 Å². The Balaban J connectivity index is 1.32. The molecule has 180 valence electrons. The van der Waals surface area contributed by atoms with E-state index >= 15 is 0 Å². The summed E-state index contributed by atoms with van der Waals surface area (Å²) < 4.78 is 47.6. The molecule has 34 heavy (non-hydrogen) atoms. The average molecular weight is 505 g/mol. The quantitative estimate of drug-likeness (QED) is 0.528. The van der Waals surface area contributed by atoms with Crippen molar-refractivity contribution in [3.63, 3.8) is 0 Å². The predicted octanol–water partition coefficient (Wildman–Crippen LogP) is 4.55. The van der Waals surface area contributed by atoms with Crippen LogP contribution in [0, 0.1) is 18.7 Å². The van der Waals surface area contributed by atoms with Crippen LogP contribution in [0.25, 0.3) is 10.7 Å². The minimum Gasteiger partial charge on any atom is -0.339 e. The highest BCUT2D eigenvalue weighted by molar-refractivity contribution is 7.89. The summed E-state index contributed by atoms with van der Waals surface area (Å²) >= 11 is 1.31. The molecule has 2 aromatic heterocycles. The van der Waals surface area contributed by atoms with Gasteiger partial charge in [-0.05, 0) is 50.8 Å². The van der Waals surface area contributed by atoms with Crippen LogP contribution < -0.4 is 5.32 Å². The normalized spacial score (nSPS) is 19.6. The highest BCUT2D eigenvalue weighted by Crippen LogP contribution is 2.38. The Morgan fingerprint density at radius 3 is 2.76 bits per heavy atom. The molecule has 1 amide bonds. The van der Waals surface area contributed by atoms with Crippen molar-refractivity contribution in [1.82, 2.24) is 14.4 Å². The molecular formula is C23H25FN4O4S2. The van der Waals surface area contributed by atoms with Crippen molar-refractivity contribution in [1.29, 1.82) is 0 Å². The zero-order chi connectivity index (χ0) is 23.9. The number of nitrogens with one attached hydrogen (secondary N) is 1. The van der Waals surface area contributed by atoms with Gasteiger partial charge < -0.3 is 9.84 Å². The van der Waals surface area contributed by atoms with Gasteiger partial charge in [0.15, 0.2) is 0 Å². The summed E-state index contributed by atoms with van der Waals surface area (Å²) in [6.07, 6.45) is 4.29. The molecule has 1 aliphatic carbocycles. The van der Waals surface area contributed by atoms with Crippen LogP contribution in [0.15, 0.2) is 39.8 Å². The number of carbonyl (C=O) groups excluding carboxylic acids is 1. The van der Waals surface area contributed by atoms with E-state index in [0.717, 1.165) is 19.3 Å². The van der Waals surface area contributed by atoms with Crippen molar-refractivity contribution < 1.29 is 22.1 Å². The summed E-state index contributed by atoms with van der Waals surface area (Å²) in [4.78, 5) is 18.7. The molecule has 3 aromatic rings. The minimum atomic E-state index is -3.83. The molecule has 5 rings (SSSR count). The van der Waals surface area contributed by atoms with Gasteiger partial charge in [0, 0.05) is 23.9 Å².